The summed E-state index contributed by atoms with van der Waals surface area (Å²) >= 11 is 5.89. The van der Waals surface area contributed by atoms with E-state index in [0.29, 0.717) is 10.7 Å². The molecule has 2 aromatic carbocycles. The van der Waals surface area contributed by atoms with Gasteiger partial charge in [-0.25, -0.2) is 8.42 Å². The van der Waals surface area contributed by atoms with E-state index in [4.69, 9.17) is 11.6 Å². The van der Waals surface area contributed by atoms with Crippen LogP contribution in [0, 0.1) is 13.8 Å². The summed E-state index contributed by atoms with van der Waals surface area (Å²) in [5.74, 6) is -0.374. The van der Waals surface area contributed by atoms with E-state index >= 15 is 0 Å². The molecule has 1 N–H and O–H groups in total. The first-order chi connectivity index (χ1) is 12.5. The summed E-state index contributed by atoms with van der Waals surface area (Å²) in [5, 5.41) is 3.40. The molecule has 0 radical (unpaired) electrons. The maximum absolute atomic E-state index is 12.8. The van der Waals surface area contributed by atoms with E-state index in [1.54, 1.807) is 31.2 Å². The zero-order valence-corrected chi connectivity index (χ0v) is 17.7. The van der Waals surface area contributed by atoms with Crippen LogP contribution in [0.5, 0.6) is 0 Å². The quantitative estimate of drug-likeness (QED) is 0.785. The number of nitrogens with zero attached hydrogens (tertiary/aromatic N) is 1. The number of nitrogens with one attached hydrogen (secondary N) is 1. The summed E-state index contributed by atoms with van der Waals surface area (Å²) in [7, 11) is -3.66. The molecule has 2 rings (SSSR count). The second-order valence-electron chi connectivity index (χ2n) is 6.79. The number of aryl methyl sites for hydroxylation is 2. The molecule has 0 heterocycles. The molecular weight excluding hydrogens is 384 g/mol. The Morgan fingerprint density at radius 3 is 2.15 bits per heavy atom. The lowest BCUT2D eigenvalue weighted by Crippen LogP contribution is -2.48. The summed E-state index contributed by atoms with van der Waals surface area (Å²) in [6.45, 7) is 7.49. The summed E-state index contributed by atoms with van der Waals surface area (Å²) in [6.07, 6.45) is 1.08. The van der Waals surface area contributed by atoms with Gasteiger partial charge in [-0.3, -0.25) is 9.10 Å². The standard InChI is InChI=1S/C20H25ClN2O3S/c1-13-6-7-17(12-14(13)2)15(3)22-20(24)16(4)23(27(5,25)26)19-10-8-18(21)9-11-19/h6-12,15-16H,1-5H3,(H,22,24)/t15-,16-/m0/s1. The first kappa shape index (κ1) is 21.3. The molecule has 0 bridgehead atoms. The Morgan fingerprint density at radius 1 is 1.04 bits per heavy atom. The third-order valence-corrected chi connectivity index (χ3v) is 6.05. The Labute approximate surface area is 166 Å². The van der Waals surface area contributed by atoms with Crippen LogP contribution in [0.4, 0.5) is 5.69 Å². The van der Waals surface area contributed by atoms with Gasteiger partial charge in [0.1, 0.15) is 6.04 Å². The molecule has 0 saturated carbocycles. The van der Waals surface area contributed by atoms with Gasteiger partial charge in [0, 0.05) is 5.02 Å². The van der Waals surface area contributed by atoms with Gasteiger partial charge in [0.2, 0.25) is 15.9 Å². The van der Waals surface area contributed by atoms with Crippen molar-refractivity contribution in [2.75, 3.05) is 10.6 Å². The molecule has 1 amide bonds. The van der Waals surface area contributed by atoms with Gasteiger partial charge in [0.05, 0.1) is 18.0 Å². The van der Waals surface area contributed by atoms with Crippen molar-refractivity contribution in [1.29, 1.82) is 0 Å². The predicted octanol–water partition coefficient (Wildman–Crippen LogP) is 3.99. The van der Waals surface area contributed by atoms with Crippen molar-refractivity contribution in [2.24, 2.45) is 0 Å². The highest BCUT2D eigenvalue weighted by molar-refractivity contribution is 7.92. The fraction of sp³-hybridized carbons (Fsp3) is 0.350. The summed E-state index contributed by atoms with van der Waals surface area (Å²) in [5.41, 5.74) is 3.68. The SMILES string of the molecule is Cc1ccc([C@H](C)NC(=O)[C@H](C)N(c2ccc(Cl)cc2)S(C)(=O)=O)cc1C. The first-order valence-electron chi connectivity index (χ1n) is 8.63. The van der Waals surface area contributed by atoms with Gasteiger partial charge >= 0.3 is 0 Å². The van der Waals surface area contributed by atoms with Crippen molar-refractivity contribution in [3.8, 4) is 0 Å². The van der Waals surface area contributed by atoms with Gasteiger partial charge in [0.15, 0.2) is 0 Å². The fourth-order valence-electron chi connectivity index (χ4n) is 2.85. The van der Waals surface area contributed by atoms with Crippen LogP contribution < -0.4 is 9.62 Å². The van der Waals surface area contributed by atoms with Gasteiger partial charge in [-0.05, 0) is 68.7 Å². The van der Waals surface area contributed by atoms with Crippen LogP contribution >= 0.6 is 11.6 Å². The minimum Gasteiger partial charge on any atom is -0.348 e. The van der Waals surface area contributed by atoms with Crippen LogP contribution in [-0.4, -0.2) is 26.6 Å². The Balaban J connectivity index is 2.24. The van der Waals surface area contributed by atoms with Crippen molar-refractivity contribution >= 4 is 33.2 Å². The van der Waals surface area contributed by atoms with Crippen LogP contribution in [-0.2, 0) is 14.8 Å². The number of anilines is 1. The van der Waals surface area contributed by atoms with E-state index in [0.717, 1.165) is 21.7 Å². The highest BCUT2D eigenvalue weighted by atomic mass is 35.5. The molecular formula is C20H25ClN2O3S. The average Bonchev–Trinajstić information content (AvgIpc) is 2.57. The Kier molecular flexibility index (Phi) is 6.54. The molecule has 0 aliphatic heterocycles. The Morgan fingerprint density at radius 2 is 1.63 bits per heavy atom. The van der Waals surface area contributed by atoms with E-state index in [-0.39, 0.29) is 11.9 Å². The topological polar surface area (TPSA) is 66.5 Å². The van der Waals surface area contributed by atoms with Crippen molar-refractivity contribution < 1.29 is 13.2 Å². The molecule has 0 aromatic heterocycles. The molecule has 5 nitrogen and oxygen atoms in total. The fourth-order valence-corrected chi connectivity index (χ4v) is 4.15. The van der Waals surface area contributed by atoms with Crippen LogP contribution in [0.2, 0.25) is 5.02 Å². The zero-order valence-electron chi connectivity index (χ0n) is 16.2. The van der Waals surface area contributed by atoms with Crippen LogP contribution in [0.1, 0.15) is 36.6 Å². The number of halogens is 1. The molecule has 0 spiro atoms. The Hall–Kier alpha value is -2.05. The van der Waals surface area contributed by atoms with E-state index in [1.807, 2.05) is 39.0 Å². The number of carbonyl (C=O) groups is 1. The number of amides is 1. The monoisotopic (exact) mass is 408 g/mol. The number of rotatable bonds is 6. The number of hydrogen-bond donors (Lipinski definition) is 1. The minimum atomic E-state index is -3.66. The van der Waals surface area contributed by atoms with Gasteiger partial charge < -0.3 is 5.32 Å². The molecule has 0 unspecified atom stereocenters. The van der Waals surface area contributed by atoms with E-state index in [2.05, 4.69) is 5.32 Å². The van der Waals surface area contributed by atoms with Crippen molar-refractivity contribution in [1.82, 2.24) is 5.32 Å². The third-order valence-electron chi connectivity index (χ3n) is 4.56. The second-order valence-corrected chi connectivity index (χ2v) is 9.08. The van der Waals surface area contributed by atoms with Crippen LogP contribution in [0.15, 0.2) is 42.5 Å². The number of sulfonamides is 1. The maximum atomic E-state index is 12.8. The predicted molar refractivity (Wildman–Crippen MR) is 111 cm³/mol. The smallest absolute Gasteiger partial charge is 0.244 e. The first-order valence-corrected chi connectivity index (χ1v) is 10.9. The van der Waals surface area contributed by atoms with Crippen LogP contribution in [0.3, 0.4) is 0 Å². The largest absolute Gasteiger partial charge is 0.348 e. The molecule has 7 heteroatoms. The highest BCUT2D eigenvalue weighted by Gasteiger charge is 2.29. The van der Waals surface area contributed by atoms with Crippen LogP contribution in [0.25, 0.3) is 0 Å². The third kappa shape index (κ3) is 5.23. The number of benzene rings is 2. The van der Waals surface area contributed by atoms with Gasteiger partial charge in [-0.2, -0.15) is 0 Å². The normalized spacial score (nSPS) is 13.7. The molecule has 0 aliphatic carbocycles. The molecule has 0 fully saturated rings. The minimum absolute atomic E-state index is 0.245. The Bertz CT molecular complexity index is 927. The number of hydrogen-bond acceptors (Lipinski definition) is 3. The summed E-state index contributed by atoms with van der Waals surface area (Å²) in [6, 6.07) is 11.2. The lowest BCUT2D eigenvalue weighted by atomic mass is 10.0. The molecule has 146 valence electrons. The van der Waals surface area contributed by atoms with Gasteiger partial charge in [-0.15, -0.1) is 0 Å². The maximum Gasteiger partial charge on any atom is 0.244 e. The van der Waals surface area contributed by atoms with E-state index in [1.165, 1.54) is 5.56 Å². The summed E-state index contributed by atoms with van der Waals surface area (Å²) < 4.78 is 25.7. The molecule has 0 aliphatic rings. The molecule has 2 atom stereocenters. The second kappa shape index (κ2) is 8.31. The lowest BCUT2D eigenvalue weighted by molar-refractivity contribution is -0.122. The lowest BCUT2D eigenvalue weighted by Gasteiger charge is -2.29. The molecule has 2 aromatic rings. The van der Waals surface area contributed by atoms with E-state index in [9.17, 15) is 13.2 Å². The number of carbonyl (C=O) groups excluding carboxylic acids is 1. The van der Waals surface area contributed by atoms with Crippen molar-refractivity contribution in [2.45, 2.75) is 39.8 Å². The molecule has 0 saturated heterocycles. The van der Waals surface area contributed by atoms with Gasteiger partial charge in [-0.1, -0.05) is 29.8 Å². The van der Waals surface area contributed by atoms with E-state index < -0.39 is 16.1 Å². The average molecular weight is 409 g/mol. The van der Waals surface area contributed by atoms with Crippen molar-refractivity contribution in [3.63, 3.8) is 0 Å². The molecule has 27 heavy (non-hydrogen) atoms. The van der Waals surface area contributed by atoms with Gasteiger partial charge in [0.25, 0.3) is 0 Å². The summed E-state index contributed by atoms with van der Waals surface area (Å²) in [4.78, 5) is 12.8. The van der Waals surface area contributed by atoms with Crippen molar-refractivity contribution in [3.05, 3.63) is 64.2 Å². The highest BCUT2D eigenvalue weighted by Crippen LogP contribution is 2.24. The zero-order chi connectivity index (χ0) is 20.4.